The van der Waals surface area contributed by atoms with Crippen LogP contribution in [0, 0.1) is 12.8 Å². The summed E-state index contributed by atoms with van der Waals surface area (Å²) in [6.07, 6.45) is -3.41. The zero-order chi connectivity index (χ0) is 21.5. The van der Waals surface area contributed by atoms with E-state index >= 15 is 0 Å². The van der Waals surface area contributed by atoms with Crippen LogP contribution in [0.5, 0.6) is 0 Å². The Bertz CT molecular complexity index is 942. The summed E-state index contributed by atoms with van der Waals surface area (Å²) in [5, 5.41) is 6.60. The van der Waals surface area contributed by atoms with E-state index in [1.807, 2.05) is 31.2 Å². The Morgan fingerprint density at radius 1 is 1.17 bits per heavy atom. The molecule has 2 unspecified atom stereocenters. The molecule has 10 heteroatoms. The number of nitrogens with zero attached hydrogens (tertiary/aromatic N) is 4. The van der Waals surface area contributed by atoms with E-state index in [4.69, 9.17) is 4.42 Å². The number of carbonyl (C=O) groups excluding carboxylic acids is 2. The fourth-order valence-electron chi connectivity index (χ4n) is 4.00. The minimum atomic E-state index is -4.70. The Balaban J connectivity index is 1.42. The summed E-state index contributed by atoms with van der Waals surface area (Å²) in [7, 11) is 0. The first-order chi connectivity index (χ1) is 14.2. The summed E-state index contributed by atoms with van der Waals surface area (Å²) < 4.78 is 42.9. The van der Waals surface area contributed by atoms with E-state index in [9.17, 15) is 22.8 Å². The first-order valence-corrected chi connectivity index (χ1v) is 9.79. The quantitative estimate of drug-likeness (QED) is 0.759. The molecule has 3 heterocycles. The smallest absolute Gasteiger partial charge is 0.417 e. The van der Waals surface area contributed by atoms with Gasteiger partial charge in [0.25, 0.3) is 0 Å². The summed E-state index contributed by atoms with van der Waals surface area (Å²) >= 11 is 0. The molecule has 2 aliphatic rings. The van der Waals surface area contributed by atoms with Crippen molar-refractivity contribution in [3.8, 4) is 0 Å². The minimum absolute atomic E-state index is 0.108. The molecular weight excluding hydrogens is 401 g/mol. The summed E-state index contributed by atoms with van der Waals surface area (Å²) in [6, 6.07) is 7.52. The number of anilines is 1. The lowest BCUT2D eigenvalue weighted by Crippen LogP contribution is -2.43. The number of amides is 2. The van der Waals surface area contributed by atoms with Crippen molar-refractivity contribution >= 4 is 17.5 Å². The molecule has 2 atom stereocenters. The molecular formula is C20H21F3N4O3. The normalized spacial score (nSPS) is 22.6. The number of carbonyl (C=O) groups is 2. The molecule has 30 heavy (non-hydrogen) atoms. The van der Waals surface area contributed by atoms with Gasteiger partial charge in [-0.3, -0.25) is 9.59 Å². The van der Waals surface area contributed by atoms with Crippen molar-refractivity contribution in [2.75, 3.05) is 24.5 Å². The number of hydrogen-bond donors (Lipinski definition) is 0. The summed E-state index contributed by atoms with van der Waals surface area (Å²) in [5.74, 6) is -2.70. The Kier molecular flexibility index (Phi) is 5.25. The van der Waals surface area contributed by atoms with Crippen LogP contribution in [0.2, 0.25) is 0 Å². The highest BCUT2D eigenvalue weighted by Crippen LogP contribution is 2.33. The lowest BCUT2D eigenvalue weighted by atomic mass is 9.96. The van der Waals surface area contributed by atoms with Crippen LogP contribution in [0.1, 0.15) is 42.5 Å². The summed E-state index contributed by atoms with van der Waals surface area (Å²) in [5.41, 5.74) is 1.83. The van der Waals surface area contributed by atoms with Crippen LogP contribution in [-0.4, -0.2) is 46.5 Å². The summed E-state index contributed by atoms with van der Waals surface area (Å²) in [6.45, 7) is 2.94. The van der Waals surface area contributed by atoms with E-state index in [0.29, 0.717) is 25.9 Å². The van der Waals surface area contributed by atoms with Gasteiger partial charge >= 0.3 is 12.1 Å². The van der Waals surface area contributed by atoms with Gasteiger partial charge in [-0.05, 0) is 31.9 Å². The highest BCUT2D eigenvalue weighted by molar-refractivity contribution is 6.00. The third kappa shape index (κ3) is 4.03. The molecule has 0 spiro atoms. The molecule has 2 saturated heterocycles. The van der Waals surface area contributed by atoms with E-state index in [2.05, 4.69) is 10.2 Å². The number of likely N-dealkylation sites (tertiary alicyclic amines) is 1. The number of hydrogen-bond acceptors (Lipinski definition) is 5. The zero-order valence-corrected chi connectivity index (χ0v) is 16.4. The number of aromatic nitrogens is 2. The third-order valence-corrected chi connectivity index (χ3v) is 5.59. The number of aryl methyl sites for hydroxylation is 1. The zero-order valence-electron chi connectivity index (χ0n) is 16.4. The molecule has 0 bridgehead atoms. The van der Waals surface area contributed by atoms with E-state index in [0.717, 1.165) is 11.3 Å². The maximum Gasteiger partial charge on any atom is 0.470 e. The molecule has 4 rings (SSSR count). The topological polar surface area (TPSA) is 79.5 Å². The molecule has 0 N–H and O–H groups in total. The van der Waals surface area contributed by atoms with Gasteiger partial charge in [0, 0.05) is 31.7 Å². The maximum absolute atomic E-state index is 13.0. The van der Waals surface area contributed by atoms with Gasteiger partial charge in [0.15, 0.2) is 0 Å². The molecule has 0 saturated carbocycles. The molecule has 2 aromatic rings. The monoisotopic (exact) mass is 422 g/mol. The van der Waals surface area contributed by atoms with E-state index in [1.165, 1.54) is 0 Å². The Labute approximate surface area is 170 Å². The lowest BCUT2D eigenvalue weighted by molar-refractivity contribution is -0.157. The van der Waals surface area contributed by atoms with Crippen molar-refractivity contribution < 1.29 is 27.2 Å². The molecule has 2 fully saturated rings. The molecule has 0 aliphatic carbocycles. The van der Waals surface area contributed by atoms with Gasteiger partial charge in [-0.1, -0.05) is 17.7 Å². The lowest BCUT2D eigenvalue weighted by Gasteiger charge is -2.32. The fourth-order valence-corrected chi connectivity index (χ4v) is 4.00. The fraction of sp³-hybridized carbons (Fsp3) is 0.500. The van der Waals surface area contributed by atoms with Crippen molar-refractivity contribution in [2.45, 2.75) is 38.3 Å². The third-order valence-electron chi connectivity index (χ3n) is 5.59. The van der Waals surface area contributed by atoms with Crippen LogP contribution in [0.3, 0.4) is 0 Å². The van der Waals surface area contributed by atoms with Gasteiger partial charge in [-0.15, -0.1) is 10.2 Å². The minimum Gasteiger partial charge on any atom is -0.417 e. The Morgan fingerprint density at radius 2 is 1.90 bits per heavy atom. The van der Waals surface area contributed by atoms with E-state index in [1.54, 1.807) is 9.80 Å². The van der Waals surface area contributed by atoms with Crippen LogP contribution in [0.25, 0.3) is 0 Å². The van der Waals surface area contributed by atoms with Gasteiger partial charge in [0.05, 0.1) is 11.8 Å². The predicted octanol–water partition coefficient (Wildman–Crippen LogP) is 3.16. The number of halogens is 3. The molecule has 1 aromatic carbocycles. The highest BCUT2D eigenvalue weighted by Gasteiger charge is 2.41. The molecule has 0 radical (unpaired) electrons. The second-order valence-electron chi connectivity index (χ2n) is 7.81. The first kappa shape index (κ1) is 20.4. The highest BCUT2D eigenvalue weighted by atomic mass is 19.4. The van der Waals surface area contributed by atoms with Gasteiger partial charge in [-0.2, -0.15) is 13.2 Å². The second kappa shape index (κ2) is 7.73. The number of rotatable bonds is 3. The van der Waals surface area contributed by atoms with E-state index in [-0.39, 0.29) is 30.7 Å². The average Bonchev–Trinajstić information content (AvgIpc) is 3.35. The van der Waals surface area contributed by atoms with Gasteiger partial charge < -0.3 is 14.2 Å². The van der Waals surface area contributed by atoms with Gasteiger partial charge in [0.2, 0.25) is 17.7 Å². The van der Waals surface area contributed by atoms with Crippen molar-refractivity contribution in [3.63, 3.8) is 0 Å². The molecule has 2 amide bonds. The molecule has 2 aliphatic heterocycles. The van der Waals surface area contributed by atoms with Crippen LogP contribution >= 0.6 is 0 Å². The molecule has 7 nitrogen and oxygen atoms in total. The maximum atomic E-state index is 13.0. The van der Waals surface area contributed by atoms with Gasteiger partial charge in [0.1, 0.15) is 0 Å². The van der Waals surface area contributed by atoms with Gasteiger partial charge in [-0.25, -0.2) is 0 Å². The largest absolute Gasteiger partial charge is 0.470 e. The van der Waals surface area contributed by atoms with Crippen molar-refractivity contribution in [1.29, 1.82) is 0 Å². The van der Waals surface area contributed by atoms with Crippen LogP contribution in [-0.2, 0) is 15.8 Å². The number of benzene rings is 1. The van der Waals surface area contributed by atoms with Crippen LogP contribution < -0.4 is 4.90 Å². The van der Waals surface area contributed by atoms with Crippen LogP contribution in [0.15, 0.2) is 28.7 Å². The van der Waals surface area contributed by atoms with E-state index < -0.39 is 23.9 Å². The average molecular weight is 422 g/mol. The second-order valence-corrected chi connectivity index (χ2v) is 7.81. The van der Waals surface area contributed by atoms with Crippen molar-refractivity contribution in [2.24, 2.45) is 5.92 Å². The van der Waals surface area contributed by atoms with Crippen molar-refractivity contribution in [3.05, 3.63) is 41.6 Å². The molecule has 160 valence electrons. The molecule has 1 aromatic heterocycles. The predicted molar refractivity (Wildman–Crippen MR) is 99.5 cm³/mol. The SMILES string of the molecule is Cc1ccc(N2CC(C(=O)N3CCCC(c4nnc(C(F)(F)F)o4)C3)CC2=O)cc1. The Hall–Kier alpha value is -2.91. The standard InChI is InChI=1S/C20H21F3N4O3/c1-12-4-6-15(7-5-12)27-11-14(9-16(27)28)18(29)26-8-2-3-13(10-26)17-24-25-19(30-17)20(21,22)23/h4-7,13-14H,2-3,8-11H2,1H3. The van der Waals surface area contributed by atoms with Crippen LogP contribution in [0.4, 0.5) is 18.9 Å². The Morgan fingerprint density at radius 3 is 2.57 bits per heavy atom. The summed E-state index contributed by atoms with van der Waals surface area (Å²) in [4.78, 5) is 28.7. The number of alkyl halides is 3. The first-order valence-electron chi connectivity index (χ1n) is 9.79. The number of piperidine rings is 1. The van der Waals surface area contributed by atoms with Crippen molar-refractivity contribution in [1.82, 2.24) is 15.1 Å².